The molecular weight excluding hydrogens is 475 g/mol. The number of phenolic OH excluding ortho intramolecular Hbond substituents is 1. The molecule has 0 atom stereocenters. The predicted molar refractivity (Wildman–Crippen MR) is 75.9 cm³/mol. The molecule has 2 aromatic rings. The molecule has 0 aromatic heterocycles. The number of aromatic hydroxyl groups is 1. The maximum absolute atomic E-state index is 10.8. The van der Waals surface area contributed by atoms with Crippen LogP contribution in [0.4, 0.5) is 5.69 Å². The second-order valence-electron chi connectivity index (χ2n) is 4.93. The van der Waals surface area contributed by atoms with Crippen LogP contribution in [0.2, 0.25) is 0 Å². The van der Waals surface area contributed by atoms with Gasteiger partial charge in [-0.3, -0.25) is 4.79 Å². The summed E-state index contributed by atoms with van der Waals surface area (Å²) in [6.07, 6.45) is 0.661. The zero-order valence-electron chi connectivity index (χ0n) is 11.9. The number of carbonyl (C=O) groups is 1. The molecule has 6 nitrogen and oxygen atoms in total. The number of nitro benzene ring substituents is 1. The summed E-state index contributed by atoms with van der Waals surface area (Å²) in [5.74, 6) is -0.473. The Morgan fingerprint density at radius 3 is 2.41 bits per heavy atom. The van der Waals surface area contributed by atoms with Gasteiger partial charge in [-0.05, 0) is 0 Å². The van der Waals surface area contributed by atoms with E-state index in [1.165, 1.54) is 6.07 Å². The minimum atomic E-state index is -0.833. The van der Waals surface area contributed by atoms with Crippen LogP contribution in [0.3, 0.4) is 0 Å². The van der Waals surface area contributed by atoms with E-state index in [2.05, 4.69) is 0 Å². The normalized spacial score (nSPS) is 11.0. The van der Waals surface area contributed by atoms with Gasteiger partial charge >= 0.3 is 120 Å². The maximum atomic E-state index is 10.8. The summed E-state index contributed by atoms with van der Waals surface area (Å²) in [5, 5.41) is 27.9. The van der Waals surface area contributed by atoms with Gasteiger partial charge in [-0.25, -0.2) is 0 Å². The molecule has 0 amide bonds. The van der Waals surface area contributed by atoms with Gasteiger partial charge in [0, 0.05) is 6.92 Å². The quantitative estimate of drug-likeness (QED) is 0.312. The zero-order valence-corrected chi connectivity index (χ0v) is 17.4. The number of nitrogens with zero attached hydrogens (tertiary/aromatic N) is 1. The molecule has 0 saturated heterocycles. The molecule has 0 spiro atoms. The number of rotatable bonds is 1. The number of carboxylic acid groups (broad SMARTS) is 1. The van der Waals surface area contributed by atoms with E-state index in [1.54, 1.807) is 12.1 Å². The molecule has 3 rings (SSSR count). The van der Waals surface area contributed by atoms with E-state index >= 15 is 0 Å². The second kappa shape index (κ2) is 6.43. The number of aliphatic carboxylic acids is 1. The molecule has 1 aliphatic carbocycles. The van der Waals surface area contributed by atoms with Crippen molar-refractivity contribution < 1.29 is 46.1 Å². The van der Waals surface area contributed by atoms with Gasteiger partial charge in [0.2, 0.25) is 0 Å². The molecule has 0 saturated carbocycles. The van der Waals surface area contributed by atoms with Crippen LogP contribution in [0.5, 0.6) is 5.75 Å². The summed E-state index contributed by atoms with van der Waals surface area (Å²) < 4.78 is 1.01. The third-order valence-corrected chi connectivity index (χ3v) is 5.48. The van der Waals surface area contributed by atoms with Crippen LogP contribution in [0.1, 0.15) is 18.1 Å². The molecule has 0 unspecified atom stereocenters. The van der Waals surface area contributed by atoms with Crippen molar-refractivity contribution in [2.24, 2.45) is 0 Å². The Morgan fingerprint density at radius 2 is 1.82 bits per heavy atom. The number of carboxylic acids is 1. The molecule has 22 heavy (non-hydrogen) atoms. The molecule has 1 aliphatic rings. The Morgan fingerprint density at radius 1 is 1.23 bits per heavy atom. The molecule has 0 bridgehead atoms. The first kappa shape index (κ1) is 16.4. The third kappa shape index (κ3) is 3.44. The van der Waals surface area contributed by atoms with E-state index in [9.17, 15) is 15.2 Å². The van der Waals surface area contributed by atoms with Gasteiger partial charge in [-0.2, -0.15) is 0 Å². The molecule has 2 aromatic carbocycles. The Balaban J connectivity index is 0.000000396. The van der Waals surface area contributed by atoms with Crippen molar-refractivity contribution in [1.82, 2.24) is 0 Å². The van der Waals surface area contributed by atoms with Crippen molar-refractivity contribution in [1.29, 1.82) is 0 Å². The van der Waals surface area contributed by atoms with Crippen LogP contribution in [0.25, 0.3) is 11.1 Å². The van der Waals surface area contributed by atoms with E-state index in [1.807, 2.05) is 12.1 Å². The van der Waals surface area contributed by atoms with E-state index < -0.39 is 5.97 Å². The van der Waals surface area contributed by atoms with Crippen molar-refractivity contribution in [2.75, 3.05) is 0 Å². The summed E-state index contributed by atoms with van der Waals surface area (Å²) in [7, 11) is 0. The van der Waals surface area contributed by atoms with Crippen molar-refractivity contribution in [3.05, 3.63) is 51.6 Å². The fraction of sp³-hybridized carbons (Fsp3) is 0.133. The summed E-state index contributed by atoms with van der Waals surface area (Å²) in [5.41, 5.74) is 4.32. The predicted octanol–water partition coefficient (Wildman–Crippen LogP) is 2.13. The standard InChI is InChI=1S/C13H8NO3.C2H4O2.Hg/c15-11-2-4-13-9(7-11)5-8-6-10(14(16)17)1-3-12(8)13;1-2(3)4;/h1,3-4,6-7,15H,5H2;1H3,(H,3,4);. The fourth-order valence-corrected chi connectivity index (χ4v) is 3.57. The monoisotopic (exact) mass is 488 g/mol. The molecule has 0 aliphatic heterocycles. The fourth-order valence-electron chi connectivity index (χ4n) is 2.38. The number of nitro groups is 1. The average Bonchev–Trinajstić information content (AvgIpc) is 2.75. The number of phenols is 1. The molecule has 109 valence electrons. The first-order valence-electron chi connectivity index (χ1n) is 6.44. The number of non-ortho nitro benzene ring substituents is 1. The average molecular weight is 487 g/mol. The molecule has 0 fully saturated rings. The van der Waals surface area contributed by atoms with Gasteiger partial charge in [0.15, 0.2) is 0 Å². The Labute approximate surface area is 142 Å². The Kier molecular flexibility index (Phi) is 4.80. The van der Waals surface area contributed by atoms with Crippen LogP contribution in [0.15, 0.2) is 30.3 Å². The SMILES string of the molecule is CC(=O)O.O=[N+]([O-])c1ccc2c(c1)Cc1cc(O)[c]([Hg])cc1-2. The number of hydrogen-bond donors (Lipinski definition) is 2. The number of hydrogen-bond acceptors (Lipinski definition) is 4. The van der Waals surface area contributed by atoms with Crippen molar-refractivity contribution in [2.45, 2.75) is 13.3 Å². The third-order valence-electron chi connectivity index (χ3n) is 3.28. The molecule has 0 heterocycles. The van der Waals surface area contributed by atoms with E-state index in [-0.39, 0.29) is 10.6 Å². The summed E-state index contributed by atoms with van der Waals surface area (Å²) in [6.45, 7) is 1.08. The first-order chi connectivity index (χ1) is 10.3. The van der Waals surface area contributed by atoms with Crippen LogP contribution in [-0.2, 0) is 37.3 Å². The van der Waals surface area contributed by atoms with E-state index in [4.69, 9.17) is 9.90 Å². The first-order valence-corrected chi connectivity index (χ1v) is 9.19. The van der Waals surface area contributed by atoms with Gasteiger partial charge in [-0.15, -0.1) is 0 Å². The van der Waals surface area contributed by atoms with Crippen LogP contribution < -0.4 is 3.07 Å². The van der Waals surface area contributed by atoms with Gasteiger partial charge in [-0.1, -0.05) is 0 Å². The molecule has 7 heteroatoms. The second-order valence-corrected chi connectivity index (χ2v) is 7.89. The topological polar surface area (TPSA) is 101 Å². The van der Waals surface area contributed by atoms with E-state index in [0.717, 1.165) is 32.2 Å². The van der Waals surface area contributed by atoms with Gasteiger partial charge in [0.05, 0.1) is 0 Å². The van der Waals surface area contributed by atoms with Gasteiger partial charge < -0.3 is 5.11 Å². The summed E-state index contributed by atoms with van der Waals surface area (Å²) >= 11 is 0.359. The summed E-state index contributed by atoms with van der Waals surface area (Å²) in [6, 6.07) is 8.79. The molecule has 2 N–H and O–H groups in total. The van der Waals surface area contributed by atoms with Crippen LogP contribution >= 0.6 is 0 Å². The minimum absolute atomic E-state index is 0.126. The van der Waals surface area contributed by atoms with Crippen molar-refractivity contribution >= 4 is 14.7 Å². The number of benzene rings is 2. The molecule has 0 radical (unpaired) electrons. The zero-order chi connectivity index (χ0) is 16.4. The van der Waals surface area contributed by atoms with Crippen molar-refractivity contribution in [3.8, 4) is 16.9 Å². The van der Waals surface area contributed by atoms with E-state index in [0.29, 0.717) is 38.3 Å². The van der Waals surface area contributed by atoms with Crippen molar-refractivity contribution in [3.63, 3.8) is 0 Å². The Hall–Kier alpha value is -1.95. The Bertz CT molecular complexity index is 769. The van der Waals surface area contributed by atoms with Gasteiger partial charge in [0.25, 0.3) is 5.97 Å². The molecular formula is C15H12HgNO5. The van der Waals surface area contributed by atoms with Crippen LogP contribution in [0, 0.1) is 10.1 Å². The van der Waals surface area contributed by atoms with Gasteiger partial charge in [0.1, 0.15) is 0 Å². The van der Waals surface area contributed by atoms with Crippen LogP contribution in [-0.4, -0.2) is 21.1 Å². The summed E-state index contributed by atoms with van der Waals surface area (Å²) in [4.78, 5) is 19.4. The number of fused-ring (bicyclic) bond motifs is 3.